The van der Waals surface area contributed by atoms with Gasteiger partial charge in [0.1, 0.15) is 18.9 Å². The third kappa shape index (κ3) is 8.36. The first-order chi connectivity index (χ1) is 20.7. The number of nitrogens with one attached hydrogen (secondary N) is 1. The molecule has 0 saturated heterocycles. The molecule has 224 valence electrons. The fraction of sp³-hybridized carbons (Fsp3) is 0.188. The molecule has 0 spiro atoms. The Kier molecular flexibility index (Phi) is 10.8. The van der Waals surface area contributed by atoms with Crippen molar-refractivity contribution in [2.45, 2.75) is 25.3 Å². The van der Waals surface area contributed by atoms with Crippen molar-refractivity contribution in [1.29, 1.82) is 0 Å². The topological polar surface area (TPSA) is 107 Å². The van der Waals surface area contributed by atoms with Gasteiger partial charge in [0.25, 0.3) is 15.9 Å². The molecule has 0 aliphatic heterocycles. The van der Waals surface area contributed by atoms with Crippen LogP contribution in [-0.4, -0.2) is 40.8 Å². The molecule has 4 aromatic carbocycles. The van der Waals surface area contributed by atoms with E-state index in [0.29, 0.717) is 46.2 Å². The number of benzene rings is 4. The highest BCUT2D eigenvalue weighted by Crippen LogP contribution is 2.37. The number of nitrogens with zero attached hydrogens (tertiary/aromatic N) is 2. The van der Waals surface area contributed by atoms with Gasteiger partial charge in [-0.25, -0.2) is 13.8 Å². The number of sulfonamides is 1. The van der Waals surface area contributed by atoms with Gasteiger partial charge in [0.05, 0.1) is 35.0 Å². The molecule has 43 heavy (non-hydrogen) atoms. The lowest BCUT2D eigenvalue weighted by molar-refractivity contribution is -0.119. The summed E-state index contributed by atoms with van der Waals surface area (Å²) in [6, 6.07) is 26.2. The lowest BCUT2D eigenvalue weighted by Gasteiger charge is -2.24. The van der Waals surface area contributed by atoms with Crippen LogP contribution in [0.15, 0.2) is 105 Å². The van der Waals surface area contributed by atoms with E-state index in [4.69, 9.17) is 14.2 Å². The van der Waals surface area contributed by atoms with Crippen molar-refractivity contribution >= 4 is 43.8 Å². The van der Waals surface area contributed by atoms with Gasteiger partial charge in [-0.2, -0.15) is 5.10 Å². The van der Waals surface area contributed by atoms with Crippen LogP contribution in [-0.2, 0) is 21.4 Å². The molecule has 0 radical (unpaired) electrons. The first-order valence-electron chi connectivity index (χ1n) is 13.4. The zero-order valence-corrected chi connectivity index (χ0v) is 26.4. The van der Waals surface area contributed by atoms with E-state index >= 15 is 0 Å². The van der Waals surface area contributed by atoms with Gasteiger partial charge in [-0.3, -0.25) is 9.10 Å². The minimum atomic E-state index is -4.09. The lowest BCUT2D eigenvalue weighted by Crippen LogP contribution is -2.39. The molecule has 0 aromatic heterocycles. The second-order valence-electron chi connectivity index (χ2n) is 9.35. The number of hydrogen-bond acceptors (Lipinski definition) is 7. The van der Waals surface area contributed by atoms with Crippen LogP contribution in [0.25, 0.3) is 0 Å². The summed E-state index contributed by atoms with van der Waals surface area (Å²) in [5, 5.41) is 4.05. The molecule has 4 aromatic rings. The maximum Gasteiger partial charge on any atom is 0.264 e. The highest BCUT2D eigenvalue weighted by molar-refractivity contribution is 9.10. The number of halogens is 1. The van der Waals surface area contributed by atoms with Crippen molar-refractivity contribution in [2.75, 3.05) is 24.6 Å². The molecule has 1 N–H and O–H groups in total. The number of rotatable bonds is 13. The Balaban J connectivity index is 1.49. The number of hydrazone groups is 1. The molecular formula is C32H32BrN3O6S. The summed E-state index contributed by atoms with van der Waals surface area (Å²) in [6.45, 7) is 4.06. The van der Waals surface area contributed by atoms with E-state index in [2.05, 4.69) is 26.5 Å². The minimum Gasteiger partial charge on any atom is -0.494 e. The average molecular weight is 667 g/mol. The minimum absolute atomic E-state index is 0.0272. The molecule has 0 aliphatic rings. The van der Waals surface area contributed by atoms with Gasteiger partial charge in [-0.1, -0.05) is 48.0 Å². The maximum absolute atomic E-state index is 13.6. The summed E-state index contributed by atoms with van der Waals surface area (Å²) in [7, 11) is -2.56. The smallest absolute Gasteiger partial charge is 0.264 e. The van der Waals surface area contributed by atoms with E-state index < -0.39 is 22.5 Å². The van der Waals surface area contributed by atoms with Crippen LogP contribution in [0, 0.1) is 6.92 Å². The Morgan fingerprint density at radius 3 is 2.33 bits per heavy atom. The highest BCUT2D eigenvalue weighted by Gasteiger charge is 2.27. The third-order valence-electron chi connectivity index (χ3n) is 6.21. The Hall–Kier alpha value is -4.35. The normalized spacial score (nSPS) is 11.3. The van der Waals surface area contributed by atoms with Crippen molar-refractivity contribution in [2.24, 2.45) is 5.10 Å². The third-order valence-corrected chi connectivity index (χ3v) is 8.59. The van der Waals surface area contributed by atoms with Crippen LogP contribution < -0.4 is 23.9 Å². The second kappa shape index (κ2) is 14.7. The first-order valence-corrected chi connectivity index (χ1v) is 15.6. The predicted octanol–water partition coefficient (Wildman–Crippen LogP) is 6.09. The fourth-order valence-corrected chi connectivity index (χ4v) is 6.05. The molecule has 4 rings (SSSR count). The summed E-state index contributed by atoms with van der Waals surface area (Å²) < 4.78 is 45.9. The Bertz CT molecular complexity index is 1660. The second-order valence-corrected chi connectivity index (χ2v) is 12.1. The number of carbonyl (C=O) groups excluding carboxylic acids is 1. The molecule has 0 unspecified atom stereocenters. The number of aryl methyl sites for hydroxylation is 1. The van der Waals surface area contributed by atoms with E-state index in [1.54, 1.807) is 48.5 Å². The van der Waals surface area contributed by atoms with Crippen LogP contribution in [0.3, 0.4) is 0 Å². The number of hydrogen-bond donors (Lipinski definition) is 1. The van der Waals surface area contributed by atoms with Crippen LogP contribution in [0.2, 0.25) is 0 Å². The number of carbonyl (C=O) groups is 1. The SMILES string of the molecule is CCOc1ccc(S(=O)(=O)N(CC(=O)N/N=C\c2cc(Br)c(OCc3ccccc3)c(OC)c2)c2ccc(C)cc2)cc1. The predicted molar refractivity (Wildman–Crippen MR) is 171 cm³/mol. The standard InChI is InChI=1S/C32H32BrN3O6S/c1-4-41-27-14-16-28(17-15-27)43(38,39)36(26-12-10-23(2)11-13-26)21-31(37)35-34-20-25-18-29(33)32(30(19-25)40-3)42-22-24-8-6-5-7-9-24/h5-20H,4,21-22H2,1-3H3,(H,35,37)/b34-20-. The van der Waals surface area contributed by atoms with Gasteiger partial charge < -0.3 is 14.2 Å². The molecule has 0 heterocycles. The fourth-order valence-electron chi connectivity index (χ4n) is 4.06. The number of ether oxygens (including phenoxy) is 3. The quantitative estimate of drug-likeness (QED) is 0.137. The van der Waals surface area contributed by atoms with Crippen LogP contribution >= 0.6 is 15.9 Å². The van der Waals surface area contributed by atoms with E-state index in [1.807, 2.05) is 44.2 Å². The van der Waals surface area contributed by atoms with Crippen molar-refractivity contribution in [1.82, 2.24) is 5.43 Å². The zero-order chi connectivity index (χ0) is 30.8. The Morgan fingerprint density at radius 2 is 1.67 bits per heavy atom. The summed E-state index contributed by atoms with van der Waals surface area (Å²) in [4.78, 5) is 13.0. The largest absolute Gasteiger partial charge is 0.494 e. The molecule has 0 saturated carbocycles. The molecule has 9 nitrogen and oxygen atoms in total. The van der Waals surface area contributed by atoms with Crippen molar-refractivity contribution in [3.05, 3.63) is 112 Å². The number of anilines is 1. The molecule has 0 aliphatic carbocycles. The van der Waals surface area contributed by atoms with Crippen LogP contribution in [0.1, 0.15) is 23.6 Å². The summed E-state index contributed by atoms with van der Waals surface area (Å²) in [5.74, 6) is 0.931. The summed E-state index contributed by atoms with van der Waals surface area (Å²) >= 11 is 3.52. The van der Waals surface area contributed by atoms with Crippen LogP contribution in [0.4, 0.5) is 5.69 Å². The van der Waals surface area contributed by atoms with Crippen LogP contribution in [0.5, 0.6) is 17.2 Å². The molecule has 0 bridgehead atoms. The van der Waals surface area contributed by atoms with E-state index in [1.165, 1.54) is 25.5 Å². The van der Waals surface area contributed by atoms with E-state index in [0.717, 1.165) is 15.4 Å². The molecular weight excluding hydrogens is 634 g/mol. The van der Waals surface area contributed by atoms with Gasteiger partial charge in [0.2, 0.25) is 0 Å². The van der Waals surface area contributed by atoms with Crippen molar-refractivity contribution < 1.29 is 27.4 Å². The van der Waals surface area contributed by atoms with Crippen molar-refractivity contribution in [3.8, 4) is 17.2 Å². The van der Waals surface area contributed by atoms with E-state index in [-0.39, 0.29) is 4.90 Å². The number of amides is 1. The Labute approximate surface area is 260 Å². The number of methoxy groups -OCH3 is 1. The van der Waals surface area contributed by atoms with Gasteiger partial charge in [0.15, 0.2) is 11.5 Å². The Morgan fingerprint density at radius 1 is 0.977 bits per heavy atom. The highest BCUT2D eigenvalue weighted by atomic mass is 79.9. The van der Waals surface area contributed by atoms with Crippen molar-refractivity contribution in [3.63, 3.8) is 0 Å². The first kappa shape index (κ1) is 31.6. The molecule has 0 atom stereocenters. The van der Waals surface area contributed by atoms with Gasteiger partial charge >= 0.3 is 0 Å². The van der Waals surface area contributed by atoms with Gasteiger partial charge in [-0.15, -0.1) is 0 Å². The molecule has 1 amide bonds. The van der Waals surface area contributed by atoms with Gasteiger partial charge in [0, 0.05) is 0 Å². The molecule has 0 fully saturated rings. The summed E-state index contributed by atoms with van der Waals surface area (Å²) in [5.41, 5.74) is 5.35. The van der Waals surface area contributed by atoms with E-state index in [9.17, 15) is 13.2 Å². The monoisotopic (exact) mass is 665 g/mol. The zero-order valence-electron chi connectivity index (χ0n) is 24.0. The van der Waals surface area contributed by atoms with Gasteiger partial charge in [-0.05, 0) is 89.4 Å². The average Bonchev–Trinajstić information content (AvgIpc) is 3.00. The lowest BCUT2D eigenvalue weighted by atomic mass is 10.2. The maximum atomic E-state index is 13.6. The summed E-state index contributed by atoms with van der Waals surface area (Å²) in [6.07, 6.45) is 1.43. The molecule has 11 heteroatoms.